The van der Waals surface area contributed by atoms with Crippen LogP contribution >= 0.6 is 0 Å². The number of hydrogen-bond acceptors (Lipinski definition) is 4. The molecule has 0 saturated heterocycles. The smallest absolute Gasteiger partial charge is 0.264 e. The molecule has 0 spiro atoms. The first kappa shape index (κ1) is 29.9. The highest BCUT2D eigenvalue weighted by Crippen LogP contribution is 2.26. The van der Waals surface area contributed by atoms with Crippen LogP contribution in [0, 0.1) is 20.8 Å². The number of nitrogens with zero attached hydrogens (tertiary/aromatic N) is 2. The van der Waals surface area contributed by atoms with Gasteiger partial charge < -0.3 is 10.2 Å². The van der Waals surface area contributed by atoms with Gasteiger partial charge in [-0.2, -0.15) is 0 Å². The number of nitrogens with one attached hydrogen (secondary N) is 1. The number of carbonyl (C=O) groups excluding carboxylic acids is 2. The second-order valence-corrected chi connectivity index (χ2v) is 11.7. The molecule has 1 N–H and O–H groups in total. The van der Waals surface area contributed by atoms with Gasteiger partial charge in [0.2, 0.25) is 11.8 Å². The Morgan fingerprint density at radius 1 is 0.872 bits per heavy atom. The van der Waals surface area contributed by atoms with Gasteiger partial charge in [-0.05, 0) is 74.6 Å². The maximum atomic E-state index is 14.0. The number of aryl methyl sites for hydroxylation is 3. The molecule has 8 heteroatoms. The Labute approximate surface area is 232 Å². The van der Waals surface area contributed by atoms with E-state index in [0.717, 1.165) is 33.0 Å². The van der Waals surface area contributed by atoms with E-state index in [0.29, 0.717) is 18.7 Å². The van der Waals surface area contributed by atoms with Crippen molar-refractivity contribution in [2.24, 2.45) is 0 Å². The third-order valence-corrected chi connectivity index (χ3v) is 8.59. The van der Waals surface area contributed by atoms with Gasteiger partial charge in [-0.15, -0.1) is 0 Å². The first-order valence-corrected chi connectivity index (χ1v) is 14.8. The topological polar surface area (TPSA) is 86.8 Å². The molecule has 1 atom stereocenters. The number of benzene rings is 3. The molecule has 39 heavy (non-hydrogen) atoms. The fourth-order valence-corrected chi connectivity index (χ4v) is 5.73. The molecule has 0 bridgehead atoms. The van der Waals surface area contributed by atoms with E-state index in [1.165, 1.54) is 17.0 Å². The van der Waals surface area contributed by atoms with Crippen molar-refractivity contribution in [1.82, 2.24) is 10.2 Å². The molecule has 208 valence electrons. The molecule has 0 aromatic heterocycles. The van der Waals surface area contributed by atoms with Gasteiger partial charge in [0.05, 0.1) is 10.6 Å². The zero-order valence-electron chi connectivity index (χ0n) is 23.5. The number of rotatable bonds is 12. The third-order valence-electron chi connectivity index (χ3n) is 6.80. The Morgan fingerprint density at radius 3 is 2.13 bits per heavy atom. The molecule has 0 saturated carbocycles. The lowest BCUT2D eigenvalue weighted by molar-refractivity contribution is -0.140. The molecule has 3 rings (SSSR count). The van der Waals surface area contributed by atoms with Crippen LogP contribution in [-0.2, 0) is 26.2 Å². The molecule has 7 nitrogen and oxygen atoms in total. The van der Waals surface area contributed by atoms with Crippen molar-refractivity contribution < 1.29 is 18.0 Å². The summed E-state index contributed by atoms with van der Waals surface area (Å²) in [5.74, 6) is -0.699. The van der Waals surface area contributed by atoms with Crippen LogP contribution in [0.25, 0.3) is 0 Å². The van der Waals surface area contributed by atoms with Crippen molar-refractivity contribution in [2.45, 2.75) is 64.9 Å². The molecule has 0 aliphatic heterocycles. The Bertz CT molecular complexity index is 1370. The van der Waals surface area contributed by atoms with Crippen molar-refractivity contribution in [2.75, 3.05) is 17.4 Å². The predicted octanol–water partition coefficient (Wildman–Crippen LogP) is 5.14. The Balaban J connectivity index is 2.06. The van der Waals surface area contributed by atoms with Crippen LogP contribution in [-0.4, -0.2) is 44.3 Å². The summed E-state index contributed by atoms with van der Waals surface area (Å²) >= 11 is 0. The second-order valence-electron chi connectivity index (χ2n) is 9.82. The number of sulfonamides is 1. The first-order valence-electron chi connectivity index (χ1n) is 13.4. The largest absolute Gasteiger partial charge is 0.354 e. The minimum Gasteiger partial charge on any atom is -0.354 e. The van der Waals surface area contributed by atoms with Gasteiger partial charge in [0, 0.05) is 13.1 Å². The van der Waals surface area contributed by atoms with E-state index in [2.05, 4.69) is 5.32 Å². The van der Waals surface area contributed by atoms with Gasteiger partial charge in [-0.1, -0.05) is 67.9 Å². The minimum absolute atomic E-state index is 0.0915. The minimum atomic E-state index is -4.07. The first-order chi connectivity index (χ1) is 18.6. The average Bonchev–Trinajstić information content (AvgIpc) is 2.93. The maximum Gasteiger partial charge on any atom is 0.264 e. The SMILES string of the molecule is CCCNC(=O)C(CC)N(Cc1ccc(C)cc1)C(=O)CN(c1ccc(C)c(C)c1)S(=O)(=O)c1ccccc1. The lowest BCUT2D eigenvalue weighted by Crippen LogP contribution is -2.52. The highest BCUT2D eigenvalue weighted by molar-refractivity contribution is 7.92. The predicted molar refractivity (Wildman–Crippen MR) is 156 cm³/mol. The monoisotopic (exact) mass is 549 g/mol. The molecule has 1 unspecified atom stereocenters. The van der Waals surface area contributed by atoms with Crippen LogP contribution in [0.15, 0.2) is 77.7 Å². The molecular weight excluding hydrogens is 510 g/mol. The van der Waals surface area contributed by atoms with E-state index < -0.39 is 28.5 Å². The van der Waals surface area contributed by atoms with E-state index in [-0.39, 0.29) is 17.3 Å². The third kappa shape index (κ3) is 7.47. The summed E-state index contributed by atoms with van der Waals surface area (Å²) in [6, 6.07) is 20.4. The second kappa shape index (κ2) is 13.4. The zero-order valence-corrected chi connectivity index (χ0v) is 24.3. The van der Waals surface area contributed by atoms with E-state index in [4.69, 9.17) is 0 Å². The molecule has 0 aliphatic rings. The van der Waals surface area contributed by atoms with E-state index in [9.17, 15) is 18.0 Å². The van der Waals surface area contributed by atoms with Crippen LogP contribution in [0.1, 0.15) is 48.9 Å². The van der Waals surface area contributed by atoms with Gasteiger partial charge in [-0.25, -0.2) is 8.42 Å². The Morgan fingerprint density at radius 2 is 1.54 bits per heavy atom. The number of amides is 2. The molecule has 0 aliphatic carbocycles. The van der Waals surface area contributed by atoms with Crippen LogP contribution in [0.3, 0.4) is 0 Å². The molecule has 0 heterocycles. The summed E-state index contributed by atoms with van der Waals surface area (Å²) < 4.78 is 28.9. The molecule has 0 fully saturated rings. The molecule has 0 radical (unpaired) electrons. The number of carbonyl (C=O) groups is 2. The van der Waals surface area contributed by atoms with Crippen molar-refractivity contribution >= 4 is 27.5 Å². The highest BCUT2D eigenvalue weighted by Gasteiger charge is 2.33. The van der Waals surface area contributed by atoms with Crippen LogP contribution < -0.4 is 9.62 Å². The van der Waals surface area contributed by atoms with Crippen LogP contribution in [0.4, 0.5) is 5.69 Å². The van der Waals surface area contributed by atoms with E-state index in [1.807, 2.05) is 65.0 Å². The Hall–Kier alpha value is -3.65. The summed E-state index contributed by atoms with van der Waals surface area (Å²) in [4.78, 5) is 28.8. The lowest BCUT2D eigenvalue weighted by Gasteiger charge is -2.33. The molecular formula is C31H39N3O4S. The summed E-state index contributed by atoms with van der Waals surface area (Å²) in [6.45, 7) is 9.90. The quantitative estimate of drug-likeness (QED) is 0.339. The van der Waals surface area contributed by atoms with Crippen molar-refractivity contribution in [3.63, 3.8) is 0 Å². The fraction of sp³-hybridized carbons (Fsp3) is 0.355. The molecule has 3 aromatic carbocycles. The Kier molecular flexibility index (Phi) is 10.3. The summed E-state index contributed by atoms with van der Waals surface area (Å²) in [5, 5.41) is 2.90. The van der Waals surface area contributed by atoms with Gasteiger partial charge in [-0.3, -0.25) is 13.9 Å². The fourth-order valence-electron chi connectivity index (χ4n) is 4.30. The summed E-state index contributed by atoms with van der Waals surface area (Å²) in [5.41, 5.74) is 4.27. The highest BCUT2D eigenvalue weighted by atomic mass is 32.2. The summed E-state index contributed by atoms with van der Waals surface area (Å²) in [6.07, 6.45) is 1.16. The van der Waals surface area contributed by atoms with Crippen LogP contribution in [0.2, 0.25) is 0 Å². The van der Waals surface area contributed by atoms with Gasteiger partial charge >= 0.3 is 0 Å². The van der Waals surface area contributed by atoms with Crippen molar-refractivity contribution in [3.05, 3.63) is 95.1 Å². The van der Waals surface area contributed by atoms with Gasteiger partial charge in [0.1, 0.15) is 12.6 Å². The van der Waals surface area contributed by atoms with Crippen molar-refractivity contribution in [1.29, 1.82) is 0 Å². The van der Waals surface area contributed by atoms with E-state index >= 15 is 0 Å². The summed E-state index contributed by atoms with van der Waals surface area (Å²) in [7, 11) is -4.07. The number of anilines is 1. The van der Waals surface area contributed by atoms with Crippen molar-refractivity contribution in [3.8, 4) is 0 Å². The van der Waals surface area contributed by atoms with Gasteiger partial charge in [0.15, 0.2) is 0 Å². The molecule has 3 aromatic rings. The van der Waals surface area contributed by atoms with Crippen LogP contribution in [0.5, 0.6) is 0 Å². The maximum absolute atomic E-state index is 14.0. The zero-order chi connectivity index (χ0) is 28.6. The standard InChI is InChI=1S/C31H39N3O4S/c1-6-19-32-31(36)29(7-2)33(21-26-16-13-23(3)14-17-26)30(35)22-34(27-18-15-24(4)25(5)20-27)39(37,38)28-11-9-8-10-12-28/h8-18,20,29H,6-7,19,21-22H2,1-5H3,(H,32,36). The number of hydrogen-bond donors (Lipinski definition) is 1. The molecule has 2 amide bonds. The van der Waals surface area contributed by atoms with E-state index in [1.54, 1.807) is 30.3 Å². The average molecular weight is 550 g/mol. The lowest BCUT2D eigenvalue weighted by atomic mass is 10.1. The normalized spacial score (nSPS) is 12.0. The van der Waals surface area contributed by atoms with Gasteiger partial charge in [0.25, 0.3) is 10.0 Å².